The van der Waals surface area contributed by atoms with E-state index >= 15 is 0 Å². The molecule has 206 valence electrons. The number of aliphatic hydroxyl groups excluding tert-OH is 1. The van der Waals surface area contributed by atoms with Crippen molar-refractivity contribution >= 4 is 5.97 Å². The topological polar surface area (TPSA) is 102 Å². The van der Waals surface area contributed by atoms with Gasteiger partial charge in [0.15, 0.2) is 18.4 Å². The number of carbonyl (C=O) groups is 1. The molecular weight excluding hydrogens is 480 g/mol. The van der Waals surface area contributed by atoms with E-state index in [4.69, 9.17) is 33.2 Å². The minimum Gasteiger partial charge on any atom is -0.459 e. The van der Waals surface area contributed by atoms with Gasteiger partial charge in [0.2, 0.25) is 0 Å². The molecule has 3 aliphatic rings. The fourth-order valence-electron chi connectivity index (χ4n) is 5.15. The van der Waals surface area contributed by atoms with Crippen LogP contribution in [0.2, 0.25) is 0 Å². The molecule has 0 radical (unpaired) electrons. The van der Waals surface area contributed by atoms with Gasteiger partial charge in [-0.2, -0.15) is 0 Å². The van der Waals surface area contributed by atoms with E-state index in [9.17, 15) is 9.90 Å². The number of carbonyl (C=O) groups excluding carboxylic acids is 1. The summed E-state index contributed by atoms with van der Waals surface area (Å²) in [6.07, 6.45) is -2.64. The predicted molar refractivity (Wildman–Crippen MR) is 133 cm³/mol. The number of hydrogen-bond donors (Lipinski definition) is 1. The summed E-state index contributed by atoms with van der Waals surface area (Å²) in [7, 11) is 0. The highest BCUT2D eigenvalue weighted by atomic mass is 16.8. The molecule has 1 aromatic carbocycles. The summed E-state index contributed by atoms with van der Waals surface area (Å²) in [5, 5.41) is 11.0. The van der Waals surface area contributed by atoms with Gasteiger partial charge in [0, 0.05) is 5.92 Å². The van der Waals surface area contributed by atoms with Crippen molar-refractivity contribution in [1.82, 2.24) is 0 Å². The van der Waals surface area contributed by atoms with Crippen molar-refractivity contribution in [2.45, 2.75) is 83.5 Å². The first-order valence-electron chi connectivity index (χ1n) is 13.0. The van der Waals surface area contributed by atoms with Gasteiger partial charge in [-0.3, -0.25) is 0 Å². The maximum atomic E-state index is 12.4. The zero-order valence-corrected chi connectivity index (χ0v) is 22.3. The Labute approximate surface area is 219 Å². The fourth-order valence-corrected chi connectivity index (χ4v) is 5.15. The molecule has 0 saturated carbocycles. The van der Waals surface area contributed by atoms with Crippen LogP contribution in [0.5, 0.6) is 0 Å². The molecule has 1 N–H and O–H groups in total. The van der Waals surface area contributed by atoms with E-state index in [-0.39, 0.29) is 43.7 Å². The van der Waals surface area contributed by atoms with Gasteiger partial charge in [-0.1, -0.05) is 45.0 Å². The van der Waals surface area contributed by atoms with Crippen molar-refractivity contribution in [2.75, 3.05) is 19.8 Å². The molecule has 9 heteroatoms. The van der Waals surface area contributed by atoms with Crippen molar-refractivity contribution in [3.63, 3.8) is 0 Å². The van der Waals surface area contributed by atoms with Crippen LogP contribution < -0.4 is 0 Å². The normalized spacial score (nSPS) is 37.6. The number of aliphatic hydroxyl groups is 1. The molecule has 3 saturated heterocycles. The lowest BCUT2D eigenvalue weighted by atomic mass is 9.79. The average Bonchev–Trinajstić information content (AvgIpc) is 3.36. The smallest absolute Gasteiger partial charge is 0.338 e. The molecule has 0 spiro atoms. The zero-order valence-electron chi connectivity index (χ0n) is 22.3. The van der Waals surface area contributed by atoms with Gasteiger partial charge >= 0.3 is 5.97 Å². The zero-order chi connectivity index (χ0) is 26.7. The Morgan fingerprint density at radius 2 is 1.81 bits per heavy atom. The van der Waals surface area contributed by atoms with Gasteiger partial charge in [-0.05, 0) is 37.8 Å². The van der Waals surface area contributed by atoms with E-state index in [2.05, 4.69) is 27.4 Å². The highest BCUT2D eigenvalue weighted by Gasteiger charge is 2.57. The van der Waals surface area contributed by atoms with E-state index in [1.54, 1.807) is 30.3 Å². The number of hydrogen-bond acceptors (Lipinski definition) is 9. The summed E-state index contributed by atoms with van der Waals surface area (Å²) in [4.78, 5) is 12.4. The molecule has 3 fully saturated rings. The summed E-state index contributed by atoms with van der Waals surface area (Å²) >= 11 is 0. The van der Waals surface area contributed by atoms with Crippen LogP contribution >= 0.6 is 0 Å². The van der Waals surface area contributed by atoms with Crippen LogP contribution in [0.1, 0.15) is 45.0 Å². The highest BCUT2D eigenvalue weighted by molar-refractivity contribution is 5.89. The number of esters is 1. The number of fused-ring (bicyclic) bond motifs is 1. The van der Waals surface area contributed by atoms with Gasteiger partial charge in [-0.15, -0.1) is 6.58 Å². The van der Waals surface area contributed by atoms with Crippen LogP contribution in [0.3, 0.4) is 0 Å². The third-order valence-electron chi connectivity index (χ3n) is 7.62. The molecule has 9 nitrogen and oxygen atoms in total. The average molecular weight is 521 g/mol. The molecule has 4 rings (SSSR count). The summed E-state index contributed by atoms with van der Waals surface area (Å²) < 4.78 is 41.5. The Morgan fingerprint density at radius 1 is 1.08 bits per heavy atom. The molecule has 3 unspecified atom stereocenters. The first kappa shape index (κ1) is 28.2. The van der Waals surface area contributed by atoms with Crippen LogP contribution in [0, 0.1) is 17.8 Å². The fraction of sp³-hybridized carbons (Fsp3) is 0.679. The van der Waals surface area contributed by atoms with Gasteiger partial charge in [0.25, 0.3) is 0 Å². The highest BCUT2D eigenvalue weighted by Crippen LogP contribution is 2.40. The second kappa shape index (κ2) is 11.9. The van der Waals surface area contributed by atoms with Crippen molar-refractivity contribution in [2.24, 2.45) is 17.8 Å². The lowest BCUT2D eigenvalue weighted by molar-refractivity contribution is -0.269. The Hall–Kier alpha value is -1.85. The molecule has 3 heterocycles. The Kier molecular flexibility index (Phi) is 9.06. The second-order valence-electron chi connectivity index (χ2n) is 10.6. The van der Waals surface area contributed by atoms with E-state index in [1.807, 2.05) is 19.9 Å². The summed E-state index contributed by atoms with van der Waals surface area (Å²) in [5.74, 6) is -0.735. The first-order valence-corrected chi connectivity index (χ1v) is 13.0. The van der Waals surface area contributed by atoms with E-state index in [0.29, 0.717) is 5.56 Å². The Bertz CT molecular complexity index is 906. The predicted octanol–water partition coefficient (Wildman–Crippen LogP) is 3.30. The molecule has 10 atom stereocenters. The second-order valence-corrected chi connectivity index (χ2v) is 10.6. The van der Waals surface area contributed by atoms with Crippen molar-refractivity contribution in [3.05, 3.63) is 48.6 Å². The minimum atomic E-state index is -1.00. The third-order valence-corrected chi connectivity index (χ3v) is 7.62. The van der Waals surface area contributed by atoms with E-state index in [1.165, 1.54) is 0 Å². The van der Waals surface area contributed by atoms with Crippen LogP contribution in [-0.2, 0) is 33.2 Å². The molecule has 3 aliphatic heterocycles. The van der Waals surface area contributed by atoms with Crippen LogP contribution in [0.25, 0.3) is 0 Å². The molecule has 0 amide bonds. The molecule has 0 bridgehead atoms. The lowest BCUT2D eigenvalue weighted by Crippen LogP contribution is -2.50. The standard InChI is InChI=1S/C28H40O9/c1-7-13-31-23-22(35-27-24(23)36-28(5,6)37-27)20(29)14-33-26-18(4)16(2)17(3)21(34-26)15-32-25(30)19-11-9-8-10-12-19/h7-12,16-18,20-24,26-27,29H,1,13-15H2,2-6H3/t16-,17-,18?,20?,21?,22+,23+,24-,26-,27+/m0/s1. The summed E-state index contributed by atoms with van der Waals surface area (Å²) in [5.41, 5.74) is 0.495. The Balaban J connectivity index is 1.34. The minimum absolute atomic E-state index is 0.0337. The van der Waals surface area contributed by atoms with Gasteiger partial charge in [0.1, 0.15) is 31.0 Å². The Morgan fingerprint density at radius 3 is 2.51 bits per heavy atom. The van der Waals surface area contributed by atoms with Gasteiger partial charge in [-0.25, -0.2) is 4.79 Å². The maximum Gasteiger partial charge on any atom is 0.338 e. The molecule has 1 aromatic rings. The van der Waals surface area contributed by atoms with E-state index < -0.39 is 48.8 Å². The lowest BCUT2D eigenvalue weighted by Gasteiger charge is -2.43. The number of rotatable bonds is 10. The third kappa shape index (κ3) is 6.42. The number of ether oxygens (including phenoxy) is 7. The molecular formula is C28H40O9. The summed E-state index contributed by atoms with van der Waals surface area (Å²) in [6.45, 7) is 14.0. The largest absolute Gasteiger partial charge is 0.459 e. The van der Waals surface area contributed by atoms with Gasteiger partial charge in [0.05, 0.1) is 24.9 Å². The first-order chi connectivity index (χ1) is 17.6. The van der Waals surface area contributed by atoms with Crippen molar-refractivity contribution in [1.29, 1.82) is 0 Å². The maximum absolute atomic E-state index is 12.4. The SMILES string of the molecule is C=CCO[C@H]1[C@@H]2OC(C)(C)O[C@H]2O[C@@H]1C(O)CO[C@H]1OC(COC(=O)c2ccccc2)[C@@H](C)[C@H](C)C1C. The monoisotopic (exact) mass is 520 g/mol. The quantitative estimate of drug-likeness (QED) is 0.368. The van der Waals surface area contributed by atoms with E-state index in [0.717, 1.165) is 0 Å². The molecule has 37 heavy (non-hydrogen) atoms. The van der Waals surface area contributed by atoms with Crippen LogP contribution in [0.15, 0.2) is 43.0 Å². The van der Waals surface area contributed by atoms with Gasteiger partial charge < -0.3 is 38.3 Å². The van der Waals surface area contributed by atoms with Crippen molar-refractivity contribution < 1.29 is 43.1 Å². The molecule has 0 aromatic heterocycles. The van der Waals surface area contributed by atoms with Crippen LogP contribution in [-0.4, -0.2) is 79.8 Å². The summed E-state index contributed by atoms with van der Waals surface area (Å²) in [6, 6.07) is 8.87. The number of benzene rings is 1. The van der Waals surface area contributed by atoms with Crippen LogP contribution in [0.4, 0.5) is 0 Å². The molecule has 0 aliphatic carbocycles. The van der Waals surface area contributed by atoms with Crippen molar-refractivity contribution in [3.8, 4) is 0 Å².